The van der Waals surface area contributed by atoms with Crippen LogP contribution < -0.4 is 16.4 Å². The van der Waals surface area contributed by atoms with Gasteiger partial charge in [0.1, 0.15) is 5.54 Å². The highest BCUT2D eigenvalue weighted by atomic mass is 16.2. The van der Waals surface area contributed by atoms with Gasteiger partial charge in [0.15, 0.2) is 5.96 Å². The van der Waals surface area contributed by atoms with E-state index >= 15 is 0 Å². The molecule has 2 heterocycles. The van der Waals surface area contributed by atoms with Crippen molar-refractivity contribution in [2.45, 2.75) is 24.8 Å². The fraction of sp³-hybridized carbons (Fsp3) is 0.286. The quantitative estimate of drug-likeness (QED) is 0.628. The van der Waals surface area contributed by atoms with Gasteiger partial charge < -0.3 is 16.4 Å². The van der Waals surface area contributed by atoms with Crippen LogP contribution in [-0.4, -0.2) is 36.3 Å². The summed E-state index contributed by atoms with van der Waals surface area (Å²) in [5, 5.41) is 0. The Hall–Kier alpha value is -3.35. The van der Waals surface area contributed by atoms with Gasteiger partial charge in [0.05, 0.1) is 5.92 Å². The van der Waals surface area contributed by atoms with Crippen LogP contribution in [0.2, 0.25) is 0 Å². The van der Waals surface area contributed by atoms with E-state index in [4.69, 9.17) is 16.5 Å². The molecule has 1 fully saturated rings. The Morgan fingerprint density at radius 2 is 1.82 bits per heavy atom. The fourth-order valence-electron chi connectivity index (χ4n) is 3.91. The molecule has 2 amide bonds. The van der Waals surface area contributed by atoms with Gasteiger partial charge in [-0.15, -0.1) is 0 Å². The van der Waals surface area contributed by atoms with Crippen LogP contribution in [0.1, 0.15) is 30.4 Å². The summed E-state index contributed by atoms with van der Waals surface area (Å²) in [6.45, 7) is 2.63. The van der Waals surface area contributed by atoms with Gasteiger partial charge in [-0.2, -0.15) is 0 Å². The molecule has 28 heavy (non-hydrogen) atoms. The second-order valence-electron chi connectivity index (χ2n) is 7.46. The van der Waals surface area contributed by atoms with Crippen molar-refractivity contribution < 1.29 is 9.59 Å². The van der Waals surface area contributed by atoms with Crippen molar-refractivity contribution in [3.63, 3.8) is 0 Å². The van der Waals surface area contributed by atoms with Gasteiger partial charge in [0.25, 0.3) is 0 Å². The molecule has 0 aromatic heterocycles. The normalized spacial score (nSPS) is 24.8. The van der Waals surface area contributed by atoms with Crippen molar-refractivity contribution in [3.05, 3.63) is 59.7 Å². The summed E-state index contributed by atoms with van der Waals surface area (Å²) >= 11 is 0. The summed E-state index contributed by atoms with van der Waals surface area (Å²) in [6.07, 6.45) is 0.579. The highest BCUT2D eigenvalue weighted by molar-refractivity contribution is 6.03. The van der Waals surface area contributed by atoms with Crippen molar-refractivity contribution in [2.24, 2.45) is 10.7 Å². The van der Waals surface area contributed by atoms with Crippen LogP contribution in [0.3, 0.4) is 0 Å². The molecule has 4 rings (SSSR count). The fourth-order valence-corrected chi connectivity index (χ4v) is 3.91. The summed E-state index contributed by atoms with van der Waals surface area (Å²) in [5.41, 5.74) is 14.2. The Bertz CT molecular complexity index is 985. The molecule has 0 unspecified atom stereocenters. The van der Waals surface area contributed by atoms with Crippen LogP contribution in [0.25, 0.3) is 0 Å². The average molecular weight is 377 g/mol. The molecule has 0 bridgehead atoms. The number of nitrogens with zero attached hydrogens (tertiary/aromatic N) is 3. The Kier molecular flexibility index (Phi) is 4.10. The largest absolute Gasteiger partial charge is 0.399 e. The lowest BCUT2D eigenvalue weighted by Gasteiger charge is -2.41. The highest BCUT2D eigenvalue weighted by Crippen LogP contribution is 2.44. The minimum absolute atomic E-state index is 0.114. The average Bonchev–Trinajstić information content (AvgIpc) is 2.66. The van der Waals surface area contributed by atoms with Crippen LogP contribution in [-0.2, 0) is 15.1 Å². The molecule has 0 aliphatic carbocycles. The third-order valence-corrected chi connectivity index (χ3v) is 5.69. The lowest BCUT2D eigenvalue weighted by atomic mass is 9.74. The predicted molar refractivity (Wildman–Crippen MR) is 109 cm³/mol. The monoisotopic (exact) mass is 377 g/mol. The zero-order valence-electron chi connectivity index (χ0n) is 15.9. The topological polar surface area (TPSA) is 105 Å². The Morgan fingerprint density at radius 3 is 2.39 bits per heavy atom. The van der Waals surface area contributed by atoms with E-state index in [0.717, 1.165) is 23.4 Å². The molecule has 7 nitrogen and oxygen atoms in total. The number of carbonyl (C=O) groups excluding carboxylic acids is 2. The third-order valence-electron chi connectivity index (χ3n) is 5.69. The molecule has 7 heteroatoms. The number of hydrogen-bond donors (Lipinski definition) is 2. The van der Waals surface area contributed by atoms with Crippen LogP contribution >= 0.6 is 0 Å². The zero-order chi connectivity index (χ0) is 20.1. The first-order valence-corrected chi connectivity index (χ1v) is 9.20. The summed E-state index contributed by atoms with van der Waals surface area (Å²) in [7, 11) is 1.63. The van der Waals surface area contributed by atoms with E-state index in [1.807, 2.05) is 49.4 Å². The van der Waals surface area contributed by atoms with Gasteiger partial charge >= 0.3 is 0 Å². The van der Waals surface area contributed by atoms with Crippen LogP contribution in [0.4, 0.5) is 11.4 Å². The Balaban J connectivity index is 1.80. The predicted octanol–water partition coefficient (Wildman–Crippen LogP) is 1.79. The minimum atomic E-state index is -0.892. The van der Waals surface area contributed by atoms with E-state index in [1.54, 1.807) is 18.0 Å². The van der Waals surface area contributed by atoms with E-state index < -0.39 is 11.5 Å². The maximum Gasteiger partial charge on any atom is 0.239 e. The number of anilines is 2. The number of β-lactam (4-membered cyclic amide) rings is 1. The maximum atomic E-state index is 13.2. The maximum absolute atomic E-state index is 13.2. The molecule has 1 saturated heterocycles. The molecule has 2 aliphatic heterocycles. The molecule has 2 aromatic rings. The molecule has 144 valence electrons. The number of aliphatic imine (C=N–C) groups is 1. The molecule has 2 aliphatic rings. The second kappa shape index (κ2) is 6.37. The summed E-state index contributed by atoms with van der Waals surface area (Å²) < 4.78 is 0. The van der Waals surface area contributed by atoms with Gasteiger partial charge in [-0.3, -0.25) is 14.5 Å². The number of rotatable bonds is 3. The minimum Gasteiger partial charge on any atom is -0.399 e. The number of benzene rings is 2. The Labute approximate surface area is 163 Å². The standard InChI is InChI=1S/C21H23N5O2/c1-21(14-4-3-5-15(22)12-14)18(19(28)25(2)20(23)24-21)13-6-8-16(9-7-13)26-11-10-17(26)27/h3-9,12,18H,10-11,22H2,1-2H3,(H2,23,24)/t18-,21+/m0/s1. The smallest absolute Gasteiger partial charge is 0.239 e. The van der Waals surface area contributed by atoms with E-state index in [1.165, 1.54) is 4.90 Å². The number of nitrogen functional groups attached to an aromatic ring is 1. The number of hydrogen-bond acceptors (Lipinski definition) is 5. The summed E-state index contributed by atoms with van der Waals surface area (Å²) in [4.78, 5) is 32.7. The molecule has 0 radical (unpaired) electrons. The van der Waals surface area contributed by atoms with Gasteiger partial charge in [-0.25, -0.2) is 4.99 Å². The Morgan fingerprint density at radius 1 is 1.11 bits per heavy atom. The highest BCUT2D eigenvalue weighted by Gasteiger charge is 2.47. The van der Waals surface area contributed by atoms with Crippen molar-refractivity contribution in [3.8, 4) is 0 Å². The molecule has 2 aromatic carbocycles. The van der Waals surface area contributed by atoms with Crippen LogP contribution in [0.5, 0.6) is 0 Å². The van der Waals surface area contributed by atoms with Crippen LogP contribution in [0.15, 0.2) is 53.5 Å². The van der Waals surface area contributed by atoms with E-state index in [2.05, 4.69) is 0 Å². The van der Waals surface area contributed by atoms with Crippen molar-refractivity contribution in [1.82, 2.24) is 4.90 Å². The first kappa shape index (κ1) is 18.0. The lowest BCUT2D eigenvalue weighted by Crippen LogP contribution is -2.52. The summed E-state index contributed by atoms with van der Waals surface area (Å²) in [6, 6.07) is 14.9. The zero-order valence-corrected chi connectivity index (χ0v) is 15.9. The third kappa shape index (κ3) is 2.70. The van der Waals surface area contributed by atoms with Crippen LogP contribution in [0, 0.1) is 0 Å². The first-order chi connectivity index (χ1) is 13.3. The number of likely N-dealkylation sites (N-methyl/N-ethyl adjacent to an activating group) is 1. The van der Waals surface area contributed by atoms with E-state index in [-0.39, 0.29) is 17.8 Å². The van der Waals surface area contributed by atoms with Gasteiger partial charge in [0.2, 0.25) is 11.8 Å². The lowest BCUT2D eigenvalue weighted by molar-refractivity contribution is -0.130. The van der Waals surface area contributed by atoms with E-state index in [9.17, 15) is 9.59 Å². The molecule has 0 spiro atoms. The molecular formula is C21H23N5O2. The van der Waals surface area contributed by atoms with Gasteiger partial charge in [-0.1, -0.05) is 24.3 Å². The first-order valence-electron chi connectivity index (χ1n) is 9.20. The molecule has 2 atom stereocenters. The SMILES string of the molecule is CN1C(=O)[C@H](c2ccc(N3CCC3=O)cc2)[C@@](C)(c2cccc(N)c2)N=C1N. The van der Waals surface area contributed by atoms with Crippen molar-refractivity contribution in [1.29, 1.82) is 0 Å². The van der Waals surface area contributed by atoms with Crippen molar-refractivity contribution in [2.75, 3.05) is 24.2 Å². The number of nitrogens with two attached hydrogens (primary N) is 2. The van der Waals surface area contributed by atoms with Gasteiger partial charge in [0, 0.05) is 31.4 Å². The number of carbonyl (C=O) groups is 2. The van der Waals surface area contributed by atoms with E-state index in [0.29, 0.717) is 12.1 Å². The molecular weight excluding hydrogens is 354 g/mol. The second-order valence-corrected chi connectivity index (χ2v) is 7.46. The number of guanidine groups is 1. The molecule has 0 saturated carbocycles. The number of amides is 2. The summed E-state index contributed by atoms with van der Waals surface area (Å²) in [5.74, 6) is -0.407. The van der Waals surface area contributed by atoms with Gasteiger partial charge in [-0.05, 0) is 42.3 Å². The van der Waals surface area contributed by atoms with Crippen molar-refractivity contribution >= 4 is 29.1 Å². The molecule has 4 N–H and O–H groups in total.